The first kappa shape index (κ1) is 17.5. The summed E-state index contributed by atoms with van der Waals surface area (Å²) in [6.07, 6.45) is 2.70. The number of hydrogen-bond acceptors (Lipinski definition) is 4. The van der Waals surface area contributed by atoms with E-state index in [0.29, 0.717) is 18.1 Å². The van der Waals surface area contributed by atoms with Crippen LogP contribution in [0.3, 0.4) is 0 Å². The van der Waals surface area contributed by atoms with Crippen molar-refractivity contribution in [2.75, 3.05) is 32.7 Å². The van der Waals surface area contributed by atoms with Gasteiger partial charge in [0.2, 0.25) is 0 Å². The van der Waals surface area contributed by atoms with Crippen LogP contribution in [0.15, 0.2) is 0 Å². The topological polar surface area (TPSA) is 42.0 Å². The number of nitrogens with zero attached hydrogens (tertiary/aromatic N) is 2. The Morgan fingerprint density at radius 1 is 1.18 bits per heavy atom. The van der Waals surface area contributed by atoms with Gasteiger partial charge in [-0.25, -0.2) is 4.79 Å². The summed E-state index contributed by atoms with van der Waals surface area (Å²) in [6.45, 7) is 14.7. The van der Waals surface area contributed by atoms with Gasteiger partial charge in [-0.1, -0.05) is 0 Å². The lowest BCUT2D eigenvalue weighted by Gasteiger charge is -2.40. The molecule has 5 heteroatoms. The summed E-state index contributed by atoms with van der Waals surface area (Å²) in [5.41, 5.74) is -0.418. The van der Waals surface area contributed by atoms with Crippen LogP contribution in [0.25, 0.3) is 0 Å². The zero-order valence-electron chi connectivity index (χ0n) is 14.8. The van der Waals surface area contributed by atoms with Crippen LogP contribution in [0.5, 0.6) is 0 Å². The van der Waals surface area contributed by atoms with E-state index in [4.69, 9.17) is 9.47 Å². The average molecular weight is 312 g/mol. The number of ether oxygens (including phenoxy) is 2. The number of carbonyl (C=O) groups is 1. The van der Waals surface area contributed by atoms with Gasteiger partial charge in [0.1, 0.15) is 5.60 Å². The van der Waals surface area contributed by atoms with Crippen molar-refractivity contribution in [2.24, 2.45) is 5.92 Å². The summed E-state index contributed by atoms with van der Waals surface area (Å²) >= 11 is 0. The molecule has 2 aliphatic heterocycles. The predicted octanol–water partition coefficient (Wildman–Crippen LogP) is 2.74. The molecule has 2 saturated heterocycles. The summed E-state index contributed by atoms with van der Waals surface area (Å²) in [5, 5.41) is 0. The van der Waals surface area contributed by atoms with Crippen LogP contribution in [0, 0.1) is 5.92 Å². The third kappa shape index (κ3) is 5.43. The molecule has 3 atom stereocenters. The fourth-order valence-electron chi connectivity index (χ4n) is 3.51. The molecule has 22 heavy (non-hydrogen) atoms. The van der Waals surface area contributed by atoms with Crippen molar-refractivity contribution >= 4 is 6.09 Å². The Hall–Kier alpha value is -0.810. The Balaban J connectivity index is 1.84. The molecule has 2 rings (SSSR count). The highest BCUT2D eigenvalue weighted by Crippen LogP contribution is 2.22. The maximum atomic E-state index is 12.2. The van der Waals surface area contributed by atoms with Crippen LogP contribution in [0.4, 0.5) is 4.79 Å². The standard InChI is InChI=1S/C17H32N2O3/c1-13-9-18(10-14(2)21-13)11-15-7-6-8-19(12-15)16(20)22-17(3,4)5/h13-15H,6-12H2,1-5H3/t13-,14+,15?. The molecule has 0 aromatic carbocycles. The van der Waals surface area contributed by atoms with Gasteiger partial charge in [0.05, 0.1) is 12.2 Å². The third-order valence-electron chi connectivity index (χ3n) is 4.18. The van der Waals surface area contributed by atoms with Gasteiger partial charge in [-0.15, -0.1) is 0 Å². The molecular weight excluding hydrogens is 280 g/mol. The molecule has 5 nitrogen and oxygen atoms in total. The molecule has 0 aliphatic carbocycles. The van der Waals surface area contributed by atoms with Crippen LogP contribution in [-0.2, 0) is 9.47 Å². The van der Waals surface area contributed by atoms with E-state index in [0.717, 1.165) is 39.1 Å². The summed E-state index contributed by atoms with van der Waals surface area (Å²) in [6, 6.07) is 0. The first-order valence-corrected chi connectivity index (χ1v) is 8.58. The highest BCUT2D eigenvalue weighted by atomic mass is 16.6. The molecule has 128 valence electrons. The van der Waals surface area contributed by atoms with Crippen molar-refractivity contribution in [1.29, 1.82) is 0 Å². The summed E-state index contributed by atoms with van der Waals surface area (Å²) in [7, 11) is 0. The van der Waals surface area contributed by atoms with E-state index in [1.807, 2.05) is 25.7 Å². The van der Waals surface area contributed by atoms with Crippen LogP contribution >= 0.6 is 0 Å². The van der Waals surface area contributed by atoms with Gasteiger partial charge in [0.15, 0.2) is 0 Å². The molecule has 2 heterocycles. The SMILES string of the molecule is C[C@@H]1CN(CC2CCCN(C(=O)OC(C)(C)C)C2)C[C@H](C)O1. The second kappa shape index (κ2) is 7.18. The predicted molar refractivity (Wildman–Crippen MR) is 87.0 cm³/mol. The molecule has 2 aliphatic rings. The zero-order valence-corrected chi connectivity index (χ0v) is 14.8. The summed E-state index contributed by atoms with van der Waals surface area (Å²) in [5.74, 6) is 0.541. The lowest BCUT2D eigenvalue weighted by molar-refractivity contribution is -0.0738. The second-order valence-electron chi connectivity index (χ2n) is 7.91. The fraction of sp³-hybridized carbons (Fsp3) is 0.941. The maximum Gasteiger partial charge on any atom is 0.410 e. The largest absolute Gasteiger partial charge is 0.444 e. The lowest BCUT2D eigenvalue weighted by Crippen LogP contribution is -2.50. The number of piperidine rings is 1. The Morgan fingerprint density at radius 3 is 2.41 bits per heavy atom. The van der Waals surface area contributed by atoms with Gasteiger partial charge in [-0.05, 0) is 53.4 Å². The Labute approximate surface area is 134 Å². The minimum Gasteiger partial charge on any atom is -0.444 e. The monoisotopic (exact) mass is 312 g/mol. The highest BCUT2D eigenvalue weighted by Gasteiger charge is 2.30. The van der Waals surface area contributed by atoms with Gasteiger partial charge in [-0.3, -0.25) is 4.90 Å². The molecule has 0 N–H and O–H groups in total. The molecular formula is C17H32N2O3. The zero-order chi connectivity index (χ0) is 16.3. The van der Waals surface area contributed by atoms with E-state index in [-0.39, 0.29) is 6.09 Å². The van der Waals surface area contributed by atoms with E-state index in [2.05, 4.69) is 18.7 Å². The molecule has 0 bridgehead atoms. The summed E-state index contributed by atoms with van der Waals surface area (Å²) in [4.78, 5) is 16.6. The molecule has 0 radical (unpaired) electrons. The van der Waals surface area contributed by atoms with E-state index in [1.165, 1.54) is 6.42 Å². The molecule has 0 aromatic rings. The molecule has 0 spiro atoms. The average Bonchev–Trinajstić information content (AvgIpc) is 2.35. The number of amides is 1. The first-order chi connectivity index (χ1) is 10.2. The van der Waals surface area contributed by atoms with E-state index < -0.39 is 5.60 Å². The normalized spacial score (nSPS) is 31.1. The van der Waals surface area contributed by atoms with Crippen LogP contribution < -0.4 is 0 Å². The smallest absolute Gasteiger partial charge is 0.410 e. The quantitative estimate of drug-likeness (QED) is 0.786. The Kier molecular flexibility index (Phi) is 5.72. The maximum absolute atomic E-state index is 12.2. The molecule has 0 saturated carbocycles. The molecule has 0 aromatic heterocycles. The number of hydrogen-bond donors (Lipinski definition) is 0. The number of likely N-dealkylation sites (tertiary alicyclic amines) is 1. The summed E-state index contributed by atoms with van der Waals surface area (Å²) < 4.78 is 11.3. The highest BCUT2D eigenvalue weighted by molar-refractivity contribution is 5.68. The molecule has 2 fully saturated rings. The van der Waals surface area contributed by atoms with Gasteiger partial charge in [0.25, 0.3) is 0 Å². The number of rotatable bonds is 2. The van der Waals surface area contributed by atoms with Crippen LogP contribution in [-0.4, -0.2) is 66.4 Å². The van der Waals surface area contributed by atoms with Crippen molar-refractivity contribution in [1.82, 2.24) is 9.80 Å². The number of morpholine rings is 1. The first-order valence-electron chi connectivity index (χ1n) is 8.58. The van der Waals surface area contributed by atoms with Gasteiger partial charge >= 0.3 is 6.09 Å². The molecule has 1 amide bonds. The fourth-order valence-corrected chi connectivity index (χ4v) is 3.51. The Bertz CT molecular complexity index is 371. The van der Waals surface area contributed by atoms with Crippen molar-refractivity contribution in [2.45, 2.75) is 65.3 Å². The van der Waals surface area contributed by atoms with Crippen molar-refractivity contribution in [3.8, 4) is 0 Å². The van der Waals surface area contributed by atoms with Crippen molar-refractivity contribution in [3.05, 3.63) is 0 Å². The minimum absolute atomic E-state index is 0.166. The minimum atomic E-state index is -0.418. The molecule has 1 unspecified atom stereocenters. The van der Waals surface area contributed by atoms with Crippen LogP contribution in [0.1, 0.15) is 47.5 Å². The second-order valence-corrected chi connectivity index (χ2v) is 7.91. The number of carbonyl (C=O) groups excluding carboxylic acids is 1. The van der Waals surface area contributed by atoms with E-state index in [9.17, 15) is 4.79 Å². The van der Waals surface area contributed by atoms with E-state index in [1.54, 1.807) is 0 Å². The van der Waals surface area contributed by atoms with Crippen LogP contribution in [0.2, 0.25) is 0 Å². The Morgan fingerprint density at radius 2 is 1.82 bits per heavy atom. The van der Waals surface area contributed by atoms with Crippen molar-refractivity contribution < 1.29 is 14.3 Å². The van der Waals surface area contributed by atoms with Gasteiger partial charge in [-0.2, -0.15) is 0 Å². The van der Waals surface area contributed by atoms with Gasteiger partial charge in [0, 0.05) is 32.7 Å². The lowest BCUT2D eigenvalue weighted by atomic mass is 9.97. The van der Waals surface area contributed by atoms with Gasteiger partial charge < -0.3 is 14.4 Å². The van der Waals surface area contributed by atoms with E-state index >= 15 is 0 Å². The van der Waals surface area contributed by atoms with Crippen molar-refractivity contribution in [3.63, 3.8) is 0 Å². The third-order valence-corrected chi connectivity index (χ3v) is 4.18.